The lowest BCUT2D eigenvalue weighted by Crippen LogP contribution is -2.53. The second kappa shape index (κ2) is 25.8. The Morgan fingerprint density at radius 2 is 1.22 bits per heavy atom. The number of aliphatic hydroxyl groups excluding tert-OH is 10. The smallest absolute Gasteiger partial charge is 0.269 e. The number of nitrogens with zero attached hydrogens (tertiary/aromatic N) is 4. The highest BCUT2D eigenvalue weighted by molar-refractivity contribution is 6.29. The number of hydrogen-bond acceptors (Lipinski definition) is 17. The highest BCUT2D eigenvalue weighted by Gasteiger charge is 2.34. The van der Waals surface area contributed by atoms with E-state index in [4.69, 9.17) is 39.0 Å². The van der Waals surface area contributed by atoms with E-state index in [9.17, 15) is 50.4 Å². The summed E-state index contributed by atoms with van der Waals surface area (Å²) in [6.45, 7) is -1.91. The number of rotatable bonds is 27. The summed E-state index contributed by atoms with van der Waals surface area (Å²) in [7, 11) is 0. The van der Waals surface area contributed by atoms with Crippen molar-refractivity contribution in [2.45, 2.75) is 93.4 Å². The van der Waals surface area contributed by atoms with E-state index < -0.39 is 74.0 Å². The van der Waals surface area contributed by atoms with Crippen LogP contribution < -0.4 is 22.5 Å². The van der Waals surface area contributed by atoms with Crippen molar-refractivity contribution in [3.05, 3.63) is 100 Å². The fraction of sp³-hybridized carbons (Fsp3) is 0.477. The highest BCUT2D eigenvalue weighted by Crippen LogP contribution is 2.21. The molecule has 0 aliphatic rings. The lowest BCUT2D eigenvalue weighted by molar-refractivity contribution is -0.130. The van der Waals surface area contributed by atoms with Gasteiger partial charge in [0.05, 0.1) is 37.7 Å². The van der Waals surface area contributed by atoms with E-state index in [2.05, 4.69) is 26.3 Å². The minimum Gasteiger partial charge on any atom is -0.394 e. The Labute approximate surface area is 380 Å². The second-order valence-electron chi connectivity index (χ2n) is 16.0. The first-order valence-corrected chi connectivity index (χ1v) is 21.5. The predicted molar refractivity (Wildman–Crippen MR) is 242 cm³/mol. The van der Waals surface area contributed by atoms with Crippen LogP contribution >= 0.6 is 11.6 Å². The fourth-order valence-electron chi connectivity index (χ4n) is 7.04. The van der Waals surface area contributed by atoms with Gasteiger partial charge < -0.3 is 73.6 Å². The third-order valence-corrected chi connectivity index (χ3v) is 11.0. The van der Waals surface area contributed by atoms with Crippen LogP contribution in [0.4, 0.5) is 5.69 Å². The average molecular weight is 929 g/mol. The van der Waals surface area contributed by atoms with E-state index >= 15 is 0 Å². The minimum atomic E-state index is -1.89. The topological polar surface area (TPSA) is 368 Å². The molecule has 0 unspecified atom stereocenters. The number of fused-ring (bicyclic) bond motifs is 1. The number of aliphatic imine (C=N–C) groups is 1. The molecule has 3 aromatic carbocycles. The summed E-state index contributed by atoms with van der Waals surface area (Å²) in [5.74, 6) is -1.12. The molecule has 1 aromatic heterocycles. The standard InChI is InChI=1S/C44H61ClN8O12/c45-35-19-50-36(37(52-35)43(48)64)42(47)49-14-2-1-4-25-6-10-28-17-26(7-11-27(28)16-25)18-30(46)44(65)51-29-12-8-24(9-13-29)5-3-15-53(20-31(56)38(60)40(62)33(58)22-54)21-32(57)39(61)41(63)34(59)23-55/h6-13,16-17,19,30-34,38-41,54-63H,1-5,14-15,18,20-23,46H2,(H2,47,49)(H2,48,64)(H,51,65)/t30-,31-,32-,33+,34+,38+,39+,40+,41+/m0/s1. The molecule has 21 heteroatoms. The monoisotopic (exact) mass is 928 g/mol. The van der Waals surface area contributed by atoms with E-state index in [1.165, 1.54) is 11.1 Å². The predicted octanol–water partition coefficient (Wildman–Crippen LogP) is -2.27. The van der Waals surface area contributed by atoms with Crippen LogP contribution in [-0.2, 0) is 24.1 Å². The molecule has 65 heavy (non-hydrogen) atoms. The SMILES string of the molecule is NC(=O)c1nc(Cl)cnc1C(N)=NCCCCc1ccc2cc(C[C@H](N)C(=O)Nc3ccc(CCCN(C[C@H](O)[C@@H](O)[C@H](O)[C@H](O)CO)C[C@H](O)[C@@H](O)[C@H](O)[C@H](O)CO)cc3)ccc2c1. The lowest BCUT2D eigenvalue weighted by atomic mass is 9.98. The molecule has 0 saturated carbocycles. The van der Waals surface area contributed by atoms with Gasteiger partial charge in [0, 0.05) is 25.3 Å². The van der Waals surface area contributed by atoms with E-state index in [1.807, 2.05) is 30.3 Å². The maximum absolute atomic E-state index is 13.1. The highest BCUT2D eigenvalue weighted by atomic mass is 35.5. The van der Waals surface area contributed by atoms with Crippen molar-refractivity contribution in [3.8, 4) is 0 Å². The van der Waals surface area contributed by atoms with E-state index in [1.54, 1.807) is 24.3 Å². The number of aromatic nitrogens is 2. The Morgan fingerprint density at radius 1 is 0.692 bits per heavy atom. The Morgan fingerprint density at radius 3 is 1.78 bits per heavy atom. The maximum atomic E-state index is 13.1. The quantitative estimate of drug-likeness (QED) is 0.0170. The second-order valence-corrected chi connectivity index (χ2v) is 16.3. The van der Waals surface area contributed by atoms with Gasteiger partial charge in [0.1, 0.15) is 53.3 Å². The van der Waals surface area contributed by atoms with Gasteiger partial charge in [-0.1, -0.05) is 60.1 Å². The van der Waals surface area contributed by atoms with Gasteiger partial charge in [-0.15, -0.1) is 0 Å². The third-order valence-electron chi connectivity index (χ3n) is 10.8. The van der Waals surface area contributed by atoms with Crippen LogP contribution in [0, 0.1) is 0 Å². The average Bonchev–Trinajstić information content (AvgIpc) is 3.29. The minimum absolute atomic E-state index is 0.0215. The number of aryl methyl sites for hydroxylation is 2. The van der Waals surface area contributed by atoms with Gasteiger partial charge in [0.2, 0.25) is 5.91 Å². The van der Waals surface area contributed by atoms with E-state index in [0.29, 0.717) is 31.5 Å². The lowest BCUT2D eigenvalue weighted by Gasteiger charge is -2.33. The largest absolute Gasteiger partial charge is 0.394 e. The van der Waals surface area contributed by atoms with Gasteiger partial charge in [-0.3, -0.25) is 19.5 Å². The molecule has 0 bridgehead atoms. The molecule has 4 aromatic rings. The molecule has 0 radical (unpaired) electrons. The van der Waals surface area contributed by atoms with Crippen molar-refractivity contribution in [3.63, 3.8) is 0 Å². The molecule has 2 amide bonds. The summed E-state index contributed by atoms with van der Waals surface area (Å²) in [4.78, 5) is 38.5. The van der Waals surface area contributed by atoms with Crippen molar-refractivity contribution in [1.82, 2.24) is 14.9 Å². The van der Waals surface area contributed by atoms with Crippen LogP contribution in [0.25, 0.3) is 10.8 Å². The Bertz CT molecular complexity index is 2140. The molecule has 0 aliphatic heterocycles. The zero-order valence-electron chi connectivity index (χ0n) is 35.7. The Hall–Kier alpha value is -4.78. The summed E-state index contributed by atoms with van der Waals surface area (Å²) in [5.41, 5.74) is 21.1. The molecule has 0 fully saturated rings. The first-order chi connectivity index (χ1) is 30.9. The maximum Gasteiger partial charge on any atom is 0.269 e. The van der Waals surface area contributed by atoms with Gasteiger partial charge in [-0.05, 0) is 84.7 Å². The molecule has 0 aliphatic carbocycles. The number of carbonyl (C=O) groups excluding carboxylic acids is 2. The van der Waals surface area contributed by atoms with Crippen LogP contribution in [0.1, 0.15) is 52.1 Å². The van der Waals surface area contributed by atoms with Gasteiger partial charge in [0.15, 0.2) is 5.69 Å². The molecule has 17 N–H and O–H groups in total. The molecule has 1 heterocycles. The summed E-state index contributed by atoms with van der Waals surface area (Å²) in [5, 5.41) is 104. The zero-order valence-corrected chi connectivity index (χ0v) is 36.5. The van der Waals surface area contributed by atoms with Gasteiger partial charge >= 0.3 is 0 Å². The number of hydrogen-bond donors (Lipinski definition) is 14. The molecular formula is C44H61ClN8O12. The van der Waals surface area contributed by atoms with Crippen molar-refractivity contribution in [1.29, 1.82) is 0 Å². The van der Waals surface area contributed by atoms with Crippen molar-refractivity contribution < 1.29 is 60.7 Å². The van der Waals surface area contributed by atoms with Crippen LogP contribution in [0.2, 0.25) is 5.15 Å². The molecular weight excluding hydrogens is 868 g/mol. The number of nitrogens with one attached hydrogen (secondary N) is 1. The van der Waals surface area contributed by atoms with Crippen molar-refractivity contribution >= 4 is 45.7 Å². The summed E-state index contributed by atoms with van der Waals surface area (Å²) in [6, 6.07) is 18.3. The van der Waals surface area contributed by atoms with E-state index in [-0.39, 0.29) is 47.9 Å². The fourth-order valence-corrected chi connectivity index (χ4v) is 7.17. The zero-order chi connectivity index (χ0) is 47.8. The van der Waals surface area contributed by atoms with Gasteiger partial charge in [-0.25, -0.2) is 9.97 Å². The van der Waals surface area contributed by atoms with Crippen LogP contribution in [0.3, 0.4) is 0 Å². The molecule has 4 rings (SSSR count). The molecule has 20 nitrogen and oxygen atoms in total. The number of amides is 2. The number of primary amides is 1. The summed E-state index contributed by atoms with van der Waals surface area (Å²) in [6.07, 6.45) is -9.53. The summed E-state index contributed by atoms with van der Waals surface area (Å²) >= 11 is 5.82. The van der Waals surface area contributed by atoms with Crippen LogP contribution in [-0.4, -0.2) is 178 Å². The number of benzene rings is 3. The van der Waals surface area contributed by atoms with Crippen LogP contribution in [0.5, 0.6) is 0 Å². The van der Waals surface area contributed by atoms with Crippen LogP contribution in [0.15, 0.2) is 71.9 Å². The third kappa shape index (κ3) is 16.0. The molecule has 0 saturated heterocycles. The first-order valence-electron chi connectivity index (χ1n) is 21.1. The molecule has 356 valence electrons. The number of carbonyl (C=O) groups is 2. The normalized spacial score (nSPS) is 16.4. The first kappa shape index (κ1) is 52.8. The number of nitrogens with two attached hydrogens (primary N) is 3. The number of amidine groups is 1. The Balaban J connectivity index is 1.26. The van der Waals surface area contributed by atoms with E-state index in [0.717, 1.165) is 46.7 Å². The van der Waals surface area contributed by atoms with Gasteiger partial charge in [0.25, 0.3) is 5.91 Å². The number of halogens is 1. The Kier molecular flexibility index (Phi) is 21.0. The van der Waals surface area contributed by atoms with Crippen molar-refractivity contribution in [2.24, 2.45) is 22.2 Å². The molecule has 0 spiro atoms. The van der Waals surface area contributed by atoms with Crippen molar-refractivity contribution in [2.75, 3.05) is 44.7 Å². The molecule has 9 atom stereocenters. The number of unbranched alkanes of at least 4 members (excludes halogenated alkanes) is 1. The number of aliphatic hydroxyl groups is 10. The van der Waals surface area contributed by atoms with Gasteiger partial charge in [-0.2, -0.15) is 0 Å². The summed E-state index contributed by atoms with van der Waals surface area (Å²) < 4.78 is 0. The number of anilines is 1.